The zero-order valence-corrected chi connectivity index (χ0v) is 10.7. The topological polar surface area (TPSA) is 9.23 Å². The maximum absolute atomic E-state index is 5.83. The Kier molecular flexibility index (Phi) is 4.76. The highest BCUT2D eigenvalue weighted by Crippen LogP contribution is 2.31. The zero-order valence-electron chi connectivity index (χ0n) is 8.39. The molecule has 14 heavy (non-hydrogen) atoms. The molecule has 1 unspecified atom stereocenters. The monoisotopic (exact) mass is 276 g/mol. The molecule has 1 aromatic rings. The van der Waals surface area contributed by atoms with Crippen LogP contribution in [0.4, 0.5) is 0 Å². The molecule has 0 aliphatic carbocycles. The van der Waals surface area contributed by atoms with Crippen LogP contribution < -0.4 is 4.74 Å². The Morgan fingerprint density at radius 2 is 2.21 bits per heavy atom. The molecule has 1 aromatic carbocycles. The minimum atomic E-state index is 0.218. The van der Waals surface area contributed by atoms with Gasteiger partial charge in [0.1, 0.15) is 5.75 Å². The zero-order chi connectivity index (χ0) is 10.6. The van der Waals surface area contributed by atoms with Gasteiger partial charge >= 0.3 is 0 Å². The summed E-state index contributed by atoms with van der Waals surface area (Å²) < 4.78 is 6.75. The number of para-hydroxylation sites is 1. The number of rotatable bonds is 4. The molecule has 0 radical (unpaired) electrons. The van der Waals surface area contributed by atoms with Gasteiger partial charge in [0.15, 0.2) is 0 Å². The smallest absolute Gasteiger partial charge is 0.138 e. The summed E-state index contributed by atoms with van der Waals surface area (Å²) in [5, 5.41) is 0. The van der Waals surface area contributed by atoms with Crippen molar-refractivity contribution >= 4 is 27.5 Å². The van der Waals surface area contributed by atoms with Crippen LogP contribution in [0.3, 0.4) is 0 Å². The van der Waals surface area contributed by atoms with E-state index in [0.29, 0.717) is 5.88 Å². The Balaban J connectivity index is 2.92. The van der Waals surface area contributed by atoms with Crippen LogP contribution in [0.1, 0.15) is 25.8 Å². The van der Waals surface area contributed by atoms with Crippen LogP contribution in [0.2, 0.25) is 0 Å². The van der Waals surface area contributed by atoms with E-state index in [-0.39, 0.29) is 6.10 Å². The fourth-order valence-corrected chi connectivity index (χ4v) is 1.79. The highest BCUT2D eigenvalue weighted by molar-refractivity contribution is 9.10. The predicted molar refractivity (Wildman–Crippen MR) is 64.1 cm³/mol. The molecule has 1 rings (SSSR count). The molecule has 0 saturated carbocycles. The minimum Gasteiger partial charge on any atom is -0.489 e. The molecule has 0 aliphatic heterocycles. The number of hydrogen-bond acceptors (Lipinski definition) is 1. The van der Waals surface area contributed by atoms with E-state index in [9.17, 15) is 0 Å². The van der Waals surface area contributed by atoms with Crippen molar-refractivity contribution in [1.29, 1.82) is 0 Å². The molecular weight excluding hydrogens is 263 g/mol. The Bertz CT molecular complexity index is 301. The molecule has 0 fully saturated rings. The first-order chi connectivity index (χ1) is 6.69. The number of halogens is 2. The quantitative estimate of drug-likeness (QED) is 0.743. The second kappa shape index (κ2) is 5.62. The normalized spacial score (nSPS) is 12.6. The third kappa shape index (κ3) is 2.89. The molecule has 0 bridgehead atoms. The van der Waals surface area contributed by atoms with Gasteiger partial charge in [0.05, 0.1) is 16.5 Å². The van der Waals surface area contributed by atoms with Crippen molar-refractivity contribution in [2.75, 3.05) is 0 Å². The Labute approximate surface area is 98.5 Å². The molecule has 0 aromatic heterocycles. The Morgan fingerprint density at radius 1 is 1.50 bits per heavy atom. The van der Waals surface area contributed by atoms with Gasteiger partial charge in [-0.2, -0.15) is 0 Å². The summed E-state index contributed by atoms with van der Waals surface area (Å²) in [5.41, 5.74) is 1.03. The number of benzene rings is 1. The highest BCUT2D eigenvalue weighted by Gasteiger charge is 2.09. The van der Waals surface area contributed by atoms with Crippen LogP contribution >= 0.6 is 27.5 Å². The van der Waals surface area contributed by atoms with Crippen LogP contribution in [-0.2, 0) is 5.88 Å². The fraction of sp³-hybridized carbons (Fsp3) is 0.455. The third-order valence-corrected chi connectivity index (χ3v) is 3.00. The number of alkyl halides is 1. The molecule has 0 N–H and O–H groups in total. The average Bonchev–Trinajstić information content (AvgIpc) is 2.20. The summed E-state index contributed by atoms with van der Waals surface area (Å²) >= 11 is 9.29. The second-order valence-corrected chi connectivity index (χ2v) is 4.32. The summed E-state index contributed by atoms with van der Waals surface area (Å²) in [5.74, 6) is 1.35. The lowest BCUT2D eigenvalue weighted by atomic mass is 10.2. The van der Waals surface area contributed by atoms with Gasteiger partial charge in [-0.15, -0.1) is 11.6 Å². The lowest BCUT2D eigenvalue weighted by Gasteiger charge is -2.16. The van der Waals surface area contributed by atoms with Gasteiger partial charge in [0, 0.05) is 5.56 Å². The SMILES string of the molecule is CCC(C)Oc1c(Br)cccc1CCl. The van der Waals surface area contributed by atoms with Gasteiger partial charge in [-0.25, -0.2) is 0 Å². The predicted octanol–water partition coefficient (Wildman–Crippen LogP) is 4.37. The maximum Gasteiger partial charge on any atom is 0.138 e. The van der Waals surface area contributed by atoms with Crippen molar-refractivity contribution in [3.8, 4) is 5.75 Å². The van der Waals surface area contributed by atoms with Crippen molar-refractivity contribution in [2.45, 2.75) is 32.3 Å². The van der Waals surface area contributed by atoms with E-state index in [1.165, 1.54) is 0 Å². The second-order valence-electron chi connectivity index (χ2n) is 3.20. The van der Waals surface area contributed by atoms with E-state index in [0.717, 1.165) is 22.2 Å². The molecule has 0 heterocycles. The molecule has 0 amide bonds. The summed E-state index contributed by atoms with van der Waals surface area (Å²) in [6.45, 7) is 4.15. The van der Waals surface area contributed by atoms with Crippen molar-refractivity contribution in [2.24, 2.45) is 0 Å². The largest absolute Gasteiger partial charge is 0.489 e. The van der Waals surface area contributed by atoms with Crippen molar-refractivity contribution < 1.29 is 4.74 Å². The minimum absolute atomic E-state index is 0.218. The highest BCUT2D eigenvalue weighted by atomic mass is 79.9. The van der Waals surface area contributed by atoms with Gasteiger partial charge in [-0.05, 0) is 35.3 Å². The summed E-state index contributed by atoms with van der Waals surface area (Å²) in [4.78, 5) is 0. The van der Waals surface area contributed by atoms with Crippen molar-refractivity contribution in [1.82, 2.24) is 0 Å². The summed E-state index contributed by atoms with van der Waals surface area (Å²) in [6.07, 6.45) is 1.21. The van der Waals surface area contributed by atoms with Gasteiger partial charge in [0.2, 0.25) is 0 Å². The van der Waals surface area contributed by atoms with Crippen LogP contribution in [0, 0.1) is 0 Å². The molecule has 0 aliphatic rings. The van der Waals surface area contributed by atoms with Crippen molar-refractivity contribution in [3.05, 3.63) is 28.2 Å². The lowest BCUT2D eigenvalue weighted by Crippen LogP contribution is -2.11. The summed E-state index contributed by atoms with van der Waals surface area (Å²) in [7, 11) is 0. The fourth-order valence-electron chi connectivity index (χ4n) is 1.08. The molecule has 3 heteroatoms. The number of ether oxygens (including phenoxy) is 1. The Morgan fingerprint density at radius 3 is 2.79 bits per heavy atom. The van der Waals surface area contributed by atoms with Crippen LogP contribution in [-0.4, -0.2) is 6.10 Å². The van der Waals surface area contributed by atoms with E-state index in [1.807, 2.05) is 18.2 Å². The Hall–Kier alpha value is -0.210. The molecule has 78 valence electrons. The molecule has 0 saturated heterocycles. The van der Waals surface area contributed by atoms with E-state index in [1.54, 1.807) is 0 Å². The van der Waals surface area contributed by atoms with Crippen LogP contribution in [0.5, 0.6) is 5.75 Å². The van der Waals surface area contributed by atoms with Crippen molar-refractivity contribution in [3.63, 3.8) is 0 Å². The van der Waals surface area contributed by atoms with Gasteiger partial charge in [-0.3, -0.25) is 0 Å². The molecule has 1 nitrogen and oxygen atoms in total. The molecule has 0 spiro atoms. The van der Waals surface area contributed by atoms with Gasteiger partial charge < -0.3 is 4.74 Å². The standard InChI is InChI=1S/C11H14BrClO/c1-3-8(2)14-11-9(7-13)5-4-6-10(11)12/h4-6,8H,3,7H2,1-2H3. The van der Waals surface area contributed by atoms with E-state index >= 15 is 0 Å². The molecule has 1 atom stereocenters. The first-order valence-electron chi connectivity index (χ1n) is 4.69. The van der Waals surface area contributed by atoms with Gasteiger partial charge in [0.25, 0.3) is 0 Å². The van der Waals surface area contributed by atoms with Gasteiger partial charge in [-0.1, -0.05) is 19.1 Å². The number of hydrogen-bond donors (Lipinski definition) is 0. The van der Waals surface area contributed by atoms with E-state index < -0.39 is 0 Å². The molecular formula is C11H14BrClO. The lowest BCUT2D eigenvalue weighted by molar-refractivity contribution is 0.214. The van der Waals surface area contributed by atoms with E-state index in [2.05, 4.69) is 29.8 Å². The first-order valence-corrected chi connectivity index (χ1v) is 6.01. The van der Waals surface area contributed by atoms with Crippen LogP contribution in [0.25, 0.3) is 0 Å². The summed E-state index contributed by atoms with van der Waals surface area (Å²) in [6, 6.07) is 5.91. The first kappa shape index (κ1) is 11.9. The van der Waals surface area contributed by atoms with Crippen LogP contribution in [0.15, 0.2) is 22.7 Å². The maximum atomic E-state index is 5.83. The van der Waals surface area contributed by atoms with E-state index in [4.69, 9.17) is 16.3 Å². The third-order valence-electron chi connectivity index (χ3n) is 2.09. The average molecular weight is 278 g/mol.